The number of unbranched alkanes of at least 4 members (excludes halogenated alkanes) is 1. The molecule has 1 aromatic heterocycles. The van der Waals surface area contributed by atoms with E-state index in [2.05, 4.69) is 15.6 Å². The summed E-state index contributed by atoms with van der Waals surface area (Å²) in [4.78, 5) is 4.44. The molecule has 0 radical (unpaired) electrons. The quantitative estimate of drug-likeness (QED) is 0.666. The molecule has 2 rings (SSSR count). The Morgan fingerprint density at radius 2 is 2.22 bits per heavy atom. The van der Waals surface area contributed by atoms with E-state index in [-0.39, 0.29) is 6.61 Å². The first-order chi connectivity index (χ1) is 8.80. The Bertz CT molecular complexity index is 586. The summed E-state index contributed by atoms with van der Waals surface area (Å²) in [5.74, 6) is 1.15. The first kappa shape index (κ1) is 12.9. The lowest BCUT2D eigenvalue weighted by Crippen LogP contribution is -2.03. The Balaban J connectivity index is 2.40. The number of hydrogen-bond acceptors (Lipinski definition) is 3. The second-order valence-corrected chi connectivity index (χ2v) is 4.33. The van der Waals surface area contributed by atoms with E-state index in [0.717, 1.165) is 36.2 Å². The molecule has 0 aliphatic heterocycles. The molecule has 0 spiro atoms. The summed E-state index contributed by atoms with van der Waals surface area (Å²) in [5, 5.41) is 17.7. The van der Waals surface area contributed by atoms with Gasteiger partial charge in [-0.2, -0.15) is 5.26 Å². The molecule has 0 aliphatic rings. The van der Waals surface area contributed by atoms with Crippen LogP contribution >= 0.6 is 11.6 Å². The summed E-state index contributed by atoms with van der Waals surface area (Å²) in [7, 11) is 0. The Labute approximate surface area is 110 Å². The first-order valence-corrected chi connectivity index (χ1v) is 6.39. The zero-order chi connectivity index (χ0) is 13.0. The number of nitrogens with zero attached hydrogens (tertiary/aromatic N) is 3. The third kappa shape index (κ3) is 2.47. The minimum absolute atomic E-state index is 0.196. The average Bonchev–Trinajstić information content (AvgIpc) is 2.76. The molecule has 5 heteroatoms. The van der Waals surface area contributed by atoms with Crippen LogP contribution in [0.5, 0.6) is 0 Å². The van der Waals surface area contributed by atoms with Crippen molar-refractivity contribution in [2.45, 2.75) is 25.3 Å². The predicted octanol–water partition coefficient (Wildman–Crippen LogP) is 2.42. The second kappa shape index (κ2) is 5.85. The number of nitriles is 1. The summed E-state index contributed by atoms with van der Waals surface area (Å²) in [6.07, 6.45) is 1.64. The van der Waals surface area contributed by atoms with E-state index in [1.165, 1.54) is 0 Å². The zero-order valence-corrected chi connectivity index (χ0v) is 10.7. The summed E-state index contributed by atoms with van der Waals surface area (Å²) < 4.78 is 2.05. The van der Waals surface area contributed by atoms with Gasteiger partial charge in [0.25, 0.3) is 0 Å². The molecule has 0 saturated carbocycles. The molecule has 0 atom stereocenters. The molecule has 0 saturated heterocycles. The SMILES string of the molecule is N#Cc1ccc2c(c1)nc(CCl)n2CCCCO. The number of halogens is 1. The van der Waals surface area contributed by atoms with Crippen molar-refractivity contribution in [2.75, 3.05) is 6.61 Å². The van der Waals surface area contributed by atoms with Gasteiger partial charge in [0.05, 0.1) is 28.5 Å². The van der Waals surface area contributed by atoms with Crippen LogP contribution < -0.4 is 0 Å². The third-order valence-electron chi connectivity index (χ3n) is 2.87. The molecular weight excluding hydrogens is 250 g/mol. The molecule has 1 N–H and O–H groups in total. The number of aliphatic hydroxyl groups excluding tert-OH is 1. The van der Waals surface area contributed by atoms with Crippen LogP contribution in [0.25, 0.3) is 11.0 Å². The van der Waals surface area contributed by atoms with Crippen molar-refractivity contribution in [1.29, 1.82) is 5.26 Å². The van der Waals surface area contributed by atoms with Crippen molar-refractivity contribution in [3.05, 3.63) is 29.6 Å². The predicted molar refractivity (Wildman–Crippen MR) is 70.3 cm³/mol. The summed E-state index contributed by atoms with van der Waals surface area (Å²) in [6.45, 7) is 0.979. The number of hydrogen-bond donors (Lipinski definition) is 1. The molecule has 4 nitrogen and oxygen atoms in total. The summed E-state index contributed by atoms with van der Waals surface area (Å²) in [5.41, 5.74) is 2.39. The smallest absolute Gasteiger partial charge is 0.124 e. The highest BCUT2D eigenvalue weighted by molar-refractivity contribution is 6.16. The van der Waals surface area contributed by atoms with Crippen LogP contribution in [-0.4, -0.2) is 21.3 Å². The topological polar surface area (TPSA) is 61.8 Å². The van der Waals surface area contributed by atoms with Gasteiger partial charge in [0, 0.05) is 13.2 Å². The Kier molecular flexibility index (Phi) is 4.19. The number of aromatic nitrogens is 2. The highest BCUT2D eigenvalue weighted by atomic mass is 35.5. The van der Waals surface area contributed by atoms with Crippen LogP contribution in [-0.2, 0) is 12.4 Å². The van der Waals surface area contributed by atoms with E-state index in [0.29, 0.717) is 11.4 Å². The van der Waals surface area contributed by atoms with E-state index >= 15 is 0 Å². The number of alkyl halides is 1. The van der Waals surface area contributed by atoms with Crippen molar-refractivity contribution in [1.82, 2.24) is 9.55 Å². The van der Waals surface area contributed by atoms with Gasteiger partial charge in [-0.3, -0.25) is 0 Å². The lowest BCUT2D eigenvalue weighted by atomic mass is 10.2. The highest BCUT2D eigenvalue weighted by Crippen LogP contribution is 2.19. The van der Waals surface area contributed by atoms with E-state index in [1.807, 2.05) is 6.07 Å². The summed E-state index contributed by atoms with van der Waals surface area (Å²) in [6, 6.07) is 7.56. The van der Waals surface area contributed by atoms with Crippen molar-refractivity contribution in [3.63, 3.8) is 0 Å². The van der Waals surface area contributed by atoms with E-state index in [9.17, 15) is 0 Å². The van der Waals surface area contributed by atoms with E-state index in [4.69, 9.17) is 22.0 Å². The number of benzene rings is 1. The lowest BCUT2D eigenvalue weighted by Gasteiger charge is -2.06. The molecule has 0 unspecified atom stereocenters. The molecule has 1 heterocycles. The molecule has 0 aliphatic carbocycles. The number of fused-ring (bicyclic) bond motifs is 1. The number of imidazole rings is 1. The van der Waals surface area contributed by atoms with Gasteiger partial charge in [-0.05, 0) is 31.0 Å². The molecule has 0 fully saturated rings. The lowest BCUT2D eigenvalue weighted by molar-refractivity contribution is 0.281. The fraction of sp³-hybridized carbons (Fsp3) is 0.385. The standard InChI is InChI=1S/C13H14ClN3O/c14-8-13-16-11-7-10(9-15)3-4-12(11)17(13)5-1-2-6-18/h3-4,7,18H,1-2,5-6,8H2. The highest BCUT2D eigenvalue weighted by Gasteiger charge is 2.10. The minimum atomic E-state index is 0.196. The van der Waals surface area contributed by atoms with Crippen LogP contribution in [0.2, 0.25) is 0 Å². The van der Waals surface area contributed by atoms with Crippen LogP contribution in [0.3, 0.4) is 0 Å². The van der Waals surface area contributed by atoms with Gasteiger partial charge < -0.3 is 9.67 Å². The van der Waals surface area contributed by atoms with Crippen LogP contribution in [0.1, 0.15) is 24.2 Å². The zero-order valence-electron chi connectivity index (χ0n) is 9.93. The second-order valence-electron chi connectivity index (χ2n) is 4.06. The molecular formula is C13H14ClN3O. The van der Waals surface area contributed by atoms with Gasteiger partial charge in [-0.1, -0.05) is 0 Å². The molecule has 2 aromatic rings. The fourth-order valence-corrected chi connectivity index (χ4v) is 2.19. The average molecular weight is 264 g/mol. The van der Waals surface area contributed by atoms with Gasteiger partial charge >= 0.3 is 0 Å². The number of rotatable bonds is 5. The van der Waals surface area contributed by atoms with Gasteiger partial charge in [0.1, 0.15) is 5.82 Å². The normalized spacial score (nSPS) is 10.7. The maximum Gasteiger partial charge on any atom is 0.124 e. The van der Waals surface area contributed by atoms with Crippen molar-refractivity contribution < 1.29 is 5.11 Å². The number of aryl methyl sites for hydroxylation is 1. The van der Waals surface area contributed by atoms with Gasteiger partial charge in [-0.15, -0.1) is 11.6 Å². The Hall–Kier alpha value is -1.57. The molecule has 0 bridgehead atoms. The Morgan fingerprint density at radius 3 is 2.89 bits per heavy atom. The van der Waals surface area contributed by atoms with Crippen molar-refractivity contribution in [3.8, 4) is 6.07 Å². The minimum Gasteiger partial charge on any atom is -0.396 e. The fourth-order valence-electron chi connectivity index (χ4n) is 1.98. The summed E-state index contributed by atoms with van der Waals surface area (Å²) >= 11 is 5.89. The maximum atomic E-state index is 8.87. The third-order valence-corrected chi connectivity index (χ3v) is 3.10. The molecule has 94 valence electrons. The maximum absolute atomic E-state index is 8.87. The van der Waals surface area contributed by atoms with Crippen molar-refractivity contribution >= 4 is 22.6 Å². The molecule has 18 heavy (non-hydrogen) atoms. The van der Waals surface area contributed by atoms with Crippen LogP contribution in [0.15, 0.2) is 18.2 Å². The van der Waals surface area contributed by atoms with Gasteiger partial charge in [-0.25, -0.2) is 4.98 Å². The Morgan fingerprint density at radius 1 is 1.39 bits per heavy atom. The van der Waals surface area contributed by atoms with Gasteiger partial charge in [0.2, 0.25) is 0 Å². The van der Waals surface area contributed by atoms with Crippen molar-refractivity contribution in [2.24, 2.45) is 0 Å². The van der Waals surface area contributed by atoms with E-state index in [1.54, 1.807) is 12.1 Å². The monoisotopic (exact) mass is 263 g/mol. The number of aliphatic hydroxyl groups is 1. The molecule has 0 amide bonds. The van der Waals surface area contributed by atoms with Crippen LogP contribution in [0.4, 0.5) is 0 Å². The molecule has 1 aromatic carbocycles. The first-order valence-electron chi connectivity index (χ1n) is 5.86. The largest absolute Gasteiger partial charge is 0.396 e. The van der Waals surface area contributed by atoms with Crippen LogP contribution in [0, 0.1) is 11.3 Å². The van der Waals surface area contributed by atoms with Gasteiger partial charge in [0.15, 0.2) is 0 Å². The van der Waals surface area contributed by atoms with E-state index < -0.39 is 0 Å².